The maximum Gasteiger partial charge on any atom is 0.138 e. The molecule has 0 spiro atoms. The summed E-state index contributed by atoms with van der Waals surface area (Å²) in [6, 6.07) is 11.8. The number of rotatable bonds is 6. The molecule has 1 aromatic carbocycles. The normalized spacial score (nSPS) is 12.9. The van der Waals surface area contributed by atoms with Crippen LogP contribution >= 0.6 is 0 Å². The molecule has 0 fully saturated rings. The average Bonchev–Trinajstić information content (AvgIpc) is 2.51. The molecule has 2 aromatic rings. The van der Waals surface area contributed by atoms with Crippen LogP contribution < -0.4 is 10.1 Å². The summed E-state index contributed by atoms with van der Waals surface area (Å²) in [4.78, 5) is 4.15. The molecule has 0 aliphatic carbocycles. The van der Waals surface area contributed by atoms with Crippen LogP contribution in [0.25, 0.3) is 0 Å². The number of nitrogens with one attached hydrogen (secondary N) is 1. The van der Waals surface area contributed by atoms with E-state index in [4.69, 9.17) is 4.74 Å². The Bertz CT molecular complexity index is 579. The highest BCUT2D eigenvalue weighted by molar-refractivity contribution is 5.26. The molecule has 22 heavy (non-hydrogen) atoms. The van der Waals surface area contributed by atoms with Crippen molar-refractivity contribution in [2.24, 2.45) is 0 Å². The van der Waals surface area contributed by atoms with E-state index in [-0.39, 0.29) is 5.54 Å². The quantitative estimate of drug-likeness (QED) is 0.861. The fraction of sp³-hybridized carbons (Fsp3) is 0.389. The molecular weight excluding hydrogens is 276 g/mol. The molecule has 1 aromatic heterocycles. The third-order valence-corrected chi connectivity index (χ3v) is 3.19. The number of ether oxygens (including phenoxy) is 1. The van der Waals surface area contributed by atoms with E-state index in [1.807, 2.05) is 36.4 Å². The largest absolute Gasteiger partial charge is 0.487 e. The number of hydrogen-bond acceptors (Lipinski definition) is 4. The zero-order valence-electron chi connectivity index (χ0n) is 13.4. The van der Waals surface area contributed by atoms with Gasteiger partial charge in [-0.2, -0.15) is 0 Å². The lowest BCUT2D eigenvalue weighted by molar-refractivity contribution is 0.162. The fourth-order valence-electron chi connectivity index (χ4n) is 1.96. The minimum Gasteiger partial charge on any atom is -0.487 e. The van der Waals surface area contributed by atoms with Gasteiger partial charge in [-0.3, -0.25) is 4.98 Å². The lowest BCUT2D eigenvalue weighted by Crippen LogP contribution is -2.38. The van der Waals surface area contributed by atoms with Gasteiger partial charge in [-0.1, -0.05) is 30.3 Å². The van der Waals surface area contributed by atoms with E-state index in [2.05, 4.69) is 31.1 Å². The van der Waals surface area contributed by atoms with E-state index in [9.17, 15) is 5.11 Å². The number of nitrogens with zero attached hydrogens (tertiary/aromatic N) is 1. The highest BCUT2D eigenvalue weighted by Gasteiger charge is 2.14. The number of aromatic nitrogens is 1. The van der Waals surface area contributed by atoms with E-state index < -0.39 is 6.10 Å². The first-order chi connectivity index (χ1) is 10.4. The molecule has 0 radical (unpaired) electrons. The molecule has 1 atom stereocenters. The maximum atomic E-state index is 10.2. The molecule has 2 rings (SSSR count). The predicted molar refractivity (Wildman–Crippen MR) is 87.7 cm³/mol. The Balaban J connectivity index is 1.94. The Kier molecular flexibility index (Phi) is 5.52. The third kappa shape index (κ3) is 5.47. The first kappa shape index (κ1) is 16.5. The van der Waals surface area contributed by atoms with Crippen molar-refractivity contribution in [2.45, 2.75) is 39.0 Å². The Labute approximate surface area is 132 Å². The van der Waals surface area contributed by atoms with E-state index in [1.54, 1.807) is 12.4 Å². The van der Waals surface area contributed by atoms with Gasteiger partial charge in [0.25, 0.3) is 0 Å². The number of benzene rings is 1. The van der Waals surface area contributed by atoms with Crippen molar-refractivity contribution in [3.05, 3.63) is 59.9 Å². The predicted octanol–water partition coefficient (Wildman–Crippen LogP) is 3.08. The van der Waals surface area contributed by atoms with Crippen LogP contribution in [0, 0.1) is 0 Å². The Hall–Kier alpha value is -1.91. The van der Waals surface area contributed by atoms with Crippen LogP contribution in [-0.2, 0) is 6.61 Å². The van der Waals surface area contributed by atoms with Crippen molar-refractivity contribution in [1.29, 1.82) is 0 Å². The number of hydrogen-bond donors (Lipinski definition) is 2. The van der Waals surface area contributed by atoms with Crippen LogP contribution in [0.5, 0.6) is 5.75 Å². The van der Waals surface area contributed by atoms with Crippen molar-refractivity contribution in [3.63, 3.8) is 0 Å². The fourth-order valence-corrected chi connectivity index (χ4v) is 1.96. The van der Waals surface area contributed by atoms with Crippen LogP contribution in [0.4, 0.5) is 0 Å². The van der Waals surface area contributed by atoms with Crippen molar-refractivity contribution in [3.8, 4) is 5.75 Å². The summed E-state index contributed by atoms with van der Waals surface area (Å²) in [6.45, 7) is 7.17. The molecule has 0 amide bonds. The van der Waals surface area contributed by atoms with Gasteiger partial charge in [0, 0.05) is 23.8 Å². The van der Waals surface area contributed by atoms with Crippen molar-refractivity contribution in [2.75, 3.05) is 6.54 Å². The van der Waals surface area contributed by atoms with Crippen LogP contribution in [0.3, 0.4) is 0 Å². The minimum absolute atomic E-state index is 0.0319. The first-order valence-electron chi connectivity index (χ1n) is 7.49. The lowest BCUT2D eigenvalue weighted by Gasteiger charge is -2.23. The van der Waals surface area contributed by atoms with Gasteiger partial charge in [0.15, 0.2) is 0 Å². The molecule has 0 saturated heterocycles. The van der Waals surface area contributed by atoms with Gasteiger partial charge < -0.3 is 15.2 Å². The van der Waals surface area contributed by atoms with Gasteiger partial charge in [-0.25, -0.2) is 0 Å². The summed E-state index contributed by atoms with van der Waals surface area (Å²) in [5.74, 6) is 0.663. The second kappa shape index (κ2) is 7.38. The summed E-state index contributed by atoms with van der Waals surface area (Å²) in [6.07, 6.45) is 2.73. The third-order valence-electron chi connectivity index (χ3n) is 3.19. The molecule has 0 saturated carbocycles. The van der Waals surface area contributed by atoms with Crippen LogP contribution in [-0.4, -0.2) is 22.2 Å². The zero-order valence-corrected chi connectivity index (χ0v) is 13.4. The topological polar surface area (TPSA) is 54.4 Å². The van der Waals surface area contributed by atoms with E-state index >= 15 is 0 Å². The van der Waals surface area contributed by atoms with Gasteiger partial charge in [-0.05, 0) is 32.4 Å². The molecular formula is C18H24N2O2. The van der Waals surface area contributed by atoms with Crippen molar-refractivity contribution in [1.82, 2.24) is 10.3 Å². The Morgan fingerprint density at radius 1 is 1.18 bits per heavy atom. The lowest BCUT2D eigenvalue weighted by atomic mass is 10.1. The summed E-state index contributed by atoms with van der Waals surface area (Å²) >= 11 is 0. The molecule has 0 bridgehead atoms. The number of aliphatic hydroxyl groups excluding tert-OH is 1. The van der Waals surface area contributed by atoms with Gasteiger partial charge in [0.1, 0.15) is 12.4 Å². The zero-order chi connectivity index (χ0) is 16.0. The van der Waals surface area contributed by atoms with Gasteiger partial charge in [0.2, 0.25) is 0 Å². The Morgan fingerprint density at radius 2 is 1.91 bits per heavy atom. The summed E-state index contributed by atoms with van der Waals surface area (Å²) < 4.78 is 5.73. The van der Waals surface area contributed by atoms with Gasteiger partial charge in [0.05, 0.1) is 12.3 Å². The molecule has 1 heterocycles. The summed E-state index contributed by atoms with van der Waals surface area (Å²) in [7, 11) is 0. The maximum absolute atomic E-state index is 10.2. The van der Waals surface area contributed by atoms with E-state index in [0.29, 0.717) is 18.9 Å². The van der Waals surface area contributed by atoms with Gasteiger partial charge in [-0.15, -0.1) is 0 Å². The molecule has 2 N–H and O–H groups in total. The van der Waals surface area contributed by atoms with E-state index in [0.717, 1.165) is 11.1 Å². The molecule has 0 aliphatic heterocycles. The highest BCUT2D eigenvalue weighted by atomic mass is 16.5. The van der Waals surface area contributed by atoms with Crippen LogP contribution in [0.1, 0.15) is 38.0 Å². The van der Waals surface area contributed by atoms with Crippen molar-refractivity contribution < 1.29 is 9.84 Å². The van der Waals surface area contributed by atoms with Crippen LogP contribution in [0.15, 0.2) is 48.8 Å². The molecule has 0 unspecified atom stereocenters. The number of aliphatic hydroxyl groups is 1. The van der Waals surface area contributed by atoms with Crippen molar-refractivity contribution >= 4 is 0 Å². The molecule has 118 valence electrons. The second-order valence-corrected chi connectivity index (χ2v) is 6.37. The second-order valence-electron chi connectivity index (χ2n) is 6.37. The molecule has 0 aliphatic rings. The monoisotopic (exact) mass is 300 g/mol. The van der Waals surface area contributed by atoms with E-state index in [1.165, 1.54) is 0 Å². The highest BCUT2D eigenvalue weighted by Crippen LogP contribution is 2.19. The minimum atomic E-state index is -0.605. The van der Waals surface area contributed by atoms with Crippen LogP contribution in [0.2, 0.25) is 0 Å². The number of pyridine rings is 1. The smallest absolute Gasteiger partial charge is 0.138 e. The number of β-amino-alcohol motifs (C(OH)–C–C–N with tert-alkyl or cyclic N) is 1. The summed E-state index contributed by atoms with van der Waals surface area (Å²) in [5, 5.41) is 13.5. The molecule has 4 nitrogen and oxygen atoms in total. The standard InChI is InChI=1S/C18H24N2O2/c1-18(2,3)20-12-17(21)15-9-16(11-19-10-15)22-13-14-7-5-4-6-8-14/h4-11,17,20-21H,12-13H2,1-3H3/t17-/m0/s1. The van der Waals surface area contributed by atoms with Gasteiger partial charge >= 0.3 is 0 Å². The Morgan fingerprint density at radius 3 is 2.59 bits per heavy atom. The first-order valence-corrected chi connectivity index (χ1v) is 7.49. The average molecular weight is 300 g/mol. The SMILES string of the molecule is CC(C)(C)NC[C@H](O)c1cncc(OCc2ccccc2)c1. The summed E-state index contributed by atoms with van der Waals surface area (Å²) in [5.41, 5.74) is 1.82. The molecule has 4 heteroatoms.